The first-order chi connectivity index (χ1) is 14.8. The topological polar surface area (TPSA) is 137 Å². The van der Waals surface area contributed by atoms with Crippen molar-refractivity contribution in [1.82, 2.24) is 4.31 Å². The van der Waals surface area contributed by atoms with Crippen molar-refractivity contribution >= 4 is 27.5 Å². The number of hydrogen-bond acceptors (Lipinski definition) is 7. The second-order valence-electron chi connectivity index (χ2n) is 6.61. The highest BCUT2D eigenvalue weighted by Crippen LogP contribution is 2.29. The van der Waals surface area contributed by atoms with Crippen LogP contribution >= 0.6 is 0 Å². The monoisotopic (exact) mass is 449 g/mol. The van der Waals surface area contributed by atoms with Crippen molar-refractivity contribution in [2.24, 2.45) is 5.73 Å². The van der Waals surface area contributed by atoms with Gasteiger partial charge in [0.15, 0.2) is 6.61 Å². The third kappa shape index (κ3) is 5.51. The van der Waals surface area contributed by atoms with Crippen LogP contribution in [0.2, 0.25) is 0 Å². The van der Waals surface area contributed by atoms with Gasteiger partial charge in [0.05, 0.1) is 30.9 Å². The highest BCUT2D eigenvalue weighted by Gasteiger charge is 2.27. The Labute approximate surface area is 179 Å². The minimum Gasteiger partial charge on any atom is -0.495 e. The van der Waals surface area contributed by atoms with E-state index in [4.69, 9.17) is 19.9 Å². The molecule has 11 heteroatoms. The number of anilines is 1. The highest BCUT2D eigenvalue weighted by molar-refractivity contribution is 7.89. The largest absolute Gasteiger partial charge is 0.495 e. The molecule has 0 radical (unpaired) electrons. The van der Waals surface area contributed by atoms with Crippen molar-refractivity contribution < 1.29 is 32.2 Å². The second-order valence-corrected chi connectivity index (χ2v) is 8.55. The second kappa shape index (κ2) is 9.77. The molecule has 2 amide bonds. The van der Waals surface area contributed by atoms with Gasteiger partial charge >= 0.3 is 0 Å². The quantitative estimate of drug-likeness (QED) is 0.609. The Morgan fingerprint density at radius 1 is 1.16 bits per heavy atom. The minimum atomic E-state index is -3.74. The number of carbonyl (C=O) groups excluding carboxylic acids is 2. The molecule has 31 heavy (non-hydrogen) atoms. The van der Waals surface area contributed by atoms with Gasteiger partial charge in [0.2, 0.25) is 15.9 Å². The Hall–Kier alpha value is -3.15. The third-order valence-electron chi connectivity index (χ3n) is 4.54. The molecule has 2 aromatic rings. The lowest BCUT2D eigenvalue weighted by atomic mass is 10.2. The average Bonchev–Trinajstić information content (AvgIpc) is 2.78. The number of nitrogens with two attached hydrogens (primary N) is 1. The van der Waals surface area contributed by atoms with Gasteiger partial charge in [0.25, 0.3) is 5.91 Å². The van der Waals surface area contributed by atoms with Crippen LogP contribution in [0, 0.1) is 0 Å². The van der Waals surface area contributed by atoms with Gasteiger partial charge in [0.1, 0.15) is 11.5 Å². The predicted molar refractivity (Wildman–Crippen MR) is 112 cm³/mol. The lowest BCUT2D eigenvalue weighted by Crippen LogP contribution is -2.40. The van der Waals surface area contributed by atoms with E-state index in [0.29, 0.717) is 24.7 Å². The summed E-state index contributed by atoms with van der Waals surface area (Å²) < 4.78 is 42.9. The Morgan fingerprint density at radius 3 is 2.58 bits per heavy atom. The Bertz CT molecular complexity index is 1070. The van der Waals surface area contributed by atoms with Crippen molar-refractivity contribution in [3.05, 3.63) is 48.0 Å². The molecule has 0 spiro atoms. The maximum Gasteiger partial charge on any atom is 0.262 e. The number of carbonyl (C=O) groups is 2. The van der Waals surface area contributed by atoms with Gasteiger partial charge < -0.3 is 25.3 Å². The maximum atomic E-state index is 12.9. The molecule has 3 rings (SSSR count). The van der Waals surface area contributed by atoms with E-state index in [1.807, 2.05) is 0 Å². The number of primary amides is 1. The Morgan fingerprint density at radius 2 is 1.90 bits per heavy atom. The summed E-state index contributed by atoms with van der Waals surface area (Å²) >= 11 is 0. The normalized spacial score (nSPS) is 14.6. The van der Waals surface area contributed by atoms with Crippen LogP contribution < -0.4 is 20.5 Å². The van der Waals surface area contributed by atoms with Crippen LogP contribution in [0.5, 0.6) is 11.5 Å². The van der Waals surface area contributed by atoms with E-state index in [9.17, 15) is 18.0 Å². The summed E-state index contributed by atoms with van der Waals surface area (Å²) in [7, 11) is -2.33. The highest BCUT2D eigenvalue weighted by atomic mass is 32.2. The van der Waals surface area contributed by atoms with Crippen LogP contribution in [0.3, 0.4) is 0 Å². The van der Waals surface area contributed by atoms with Crippen molar-refractivity contribution in [3.63, 3.8) is 0 Å². The first-order valence-corrected chi connectivity index (χ1v) is 10.8. The summed E-state index contributed by atoms with van der Waals surface area (Å²) in [4.78, 5) is 23.6. The number of ether oxygens (including phenoxy) is 3. The summed E-state index contributed by atoms with van der Waals surface area (Å²) in [6, 6.07) is 10.3. The van der Waals surface area contributed by atoms with E-state index in [-0.39, 0.29) is 35.8 Å². The van der Waals surface area contributed by atoms with E-state index in [1.165, 1.54) is 41.7 Å². The molecule has 10 nitrogen and oxygen atoms in total. The number of rotatable bonds is 8. The van der Waals surface area contributed by atoms with Gasteiger partial charge in [-0.2, -0.15) is 4.31 Å². The van der Waals surface area contributed by atoms with Gasteiger partial charge in [-0.05, 0) is 36.4 Å². The SMILES string of the molecule is COc1ccc(S(=O)(=O)N2CCOCC2)cc1NC(=O)COc1cccc(C(N)=O)c1. The smallest absolute Gasteiger partial charge is 0.262 e. The molecule has 3 N–H and O–H groups in total. The molecule has 0 saturated carbocycles. The third-order valence-corrected chi connectivity index (χ3v) is 6.44. The van der Waals surface area contributed by atoms with Gasteiger partial charge in [0, 0.05) is 18.7 Å². The van der Waals surface area contributed by atoms with E-state index >= 15 is 0 Å². The summed E-state index contributed by atoms with van der Waals surface area (Å²) in [5.74, 6) is -0.561. The summed E-state index contributed by atoms with van der Waals surface area (Å²) in [5.41, 5.74) is 5.67. The lowest BCUT2D eigenvalue weighted by Gasteiger charge is -2.26. The van der Waals surface area contributed by atoms with Crippen molar-refractivity contribution in [2.75, 3.05) is 45.3 Å². The van der Waals surface area contributed by atoms with Crippen LogP contribution in [-0.2, 0) is 19.6 Å². The number of nitrogens with zero attached hydrogens (tertiary/aromatic N) is 1. The van der Waals surface area contributed by atoms with Gasteiger partial charge in [-0.1, -0.05) is 6.07 Å². The van der Waals surface area contributed by atoms with Crippen molar-refractivity contribution in [2.45, 2.75) is 4.90 Å². The molecule has 2 aromatic carbocycles. The Balaban J connectivity index is 1.72. The van der Waals surface area contributed by atoms with E-state index in [0.717, 1.165) is 0 Å². The molecular weight excluding hydrogens is 426 g/mol. The number of methoxy groups -OCH3 is 1. The lowest BCUT2D eigenvalue weighted by molar-refractivity contribution is -0.118. The molecule has 1 fully saturated rings. The first kappa shape index (κ1) is 22.5. The molecule has 0 bridgehead atoms. The molecule has 0 atom stereocenters. The number of morpholine rings is 1. The molecule has 1 aliphatic heterocycles. The fourth-order valence-corrected chi connectivity index (χ4v) is 4.39. The van der Waals surface area contributed by atoms with Crippen LogP contribution in [-0.4, -0.2) is 64.6 Å². The number of benzene rings is 2. The number of amides is 2. The number of sulfonamides is 1. The van der Waals surface area contributed by atoms with E-state index in [2.05, 4.69) is 5.32 Å². The molecule has 0 aliphatic carbocycles. The van der Waals surface area contributed by atoms with E-state index in [1.54, 1.807) is 12.1 Å². The van der Waals surface area contributed by atoms with Gasteiger partial charge in [-0.3, -0.25) is 9.59 Å². The van der Waals surface area contributed by atoms with Crippen molar-refractivity contribution in [3.8, 4) is 11.5 Å². The van der Waals surface area contributed by atoms with E-state index < -0.39 is 21.8 Å². The zero-order valence-electron chi connectivity index (χ0n) is 16.9. The molecular formula is C20H23N3O7S. The van der Waals surface area contributed by atoms with Crippen LogP contribution in [0.15, 0.2) is 47.4 Å². The van der Waals surface area contributed by atoms with Gasteiger partial charge in [-0.25, -0.2) is 8.42 Å². The van der Waals surface area contributed by atoms with Gasteiger partial charge in [-0.15, -0.1) is 0 Å². The minimum absolute atomic E-state index is 0.0283. The van der Waals surface area contributed by atoms with Crippen LogP contribution in [0.4, 0.5) is 5.69 Å². The zero-order valence-corrected chi connectivity index (χ0v) is 17.7. The van der Waals surface area contributed by atoms with Crippen LogP contribution in [0.25, 0.3) is 0 Å². The maximum absolute atomic E-state index is 12.9. The first-order valence-electron chi connectivity index (χ1n) is 9.39. The fourth-order valence-electron chi connectivity index (χ4n) is 2.96. The molecule has 1 saturated heterocycles. The number of nitrogens with one attached hydrogen (secondary N) is 1. The fraction of sp³-hybridized carbons (Fsp3) is 0.300. The summed E-state index contributed by atoms with van der Waals surface area (Å²) in [6.45, 7) is 0.800. The van der Waals surface area contributed by atoms with Crippen LogP contribution in [0.1, 0.15) is 10.4 Å². The molecule has 1 aliphatic rings. The number of hydrogen-bond donors (Lipinski definition) is 2. The molecule has 0 aromatic heterocycles. The zero-order chi connectivity index (χ0) is 22.4. The Kier molecular flexibility index (Phi) is 7.10. The summed E-state index contributed by atoms with van der Waals surface area (Å²) in [6.07, 6.45) is 0. The predicted octanol–water partition coefficient (Wildman–Crippen LogP) is 0.833. The summed E-state index contributed by atoms with van der Waals surface area (Å²) in [5, 5.41) is 2.60. The van der Waals surface area contributed by atoms with Crippen molar-refractivity contribution in [1.29, 1.82) is 0 Å². The standard InChI is InChI=1S/C20H23N3O7S/c1-28-18-6-5-16(31(26,27)23-7-9-29-10-8-23)12-17(18)22-19(24)13-30-15-4-2-3-14(11-15)20(21)25/h2-6,11-12H,7-10,13H2,1H3,(H2,21,25)(H,22,24). The molecule has 166 valence electrons. The molecule has 1 heterocycles. The molecule has 0 unspecified atom stereocenters. The average molecular weight is 449 g/mol.